The zero-order chi connectivity index (χ0) is 13.0. The normalized spacial score (nSPS) is 23.0. The van der Waals surface area contributed by atoms with Crippen LogP contribution in [0.4, 0.5) is 0 Å². The van der Waals surface area contributed by atoms with E-state index in [9.17, 15) is 0 Å². The summed E-state index contributed by atoms with van der Waals surface area (Å²) in [5.41, 5.74) is 1.05. The lowest BCUT2D eigenvalue weighted by Crippen LogP contribution is -2.26. The molecule has 0 saturated carbocycles. The van der Waals surface area contributed by atoms with Gasteiger partial charge in [-0.1, -0.05) is 29.3 Å². The molecule has 1 saturated heterocycles. The number of nitrogens with one attached hydrogen (secondary N) is 1. The Balaban J connectivity index is 0.00000180. The number of hydrogen-bond acceptors (Lipinski definition) is 3. The summed E-state index contributed by atoms with van der Waals surface area (Å²) >= 11 is 12.0. The molecule has 1 N–H and O–H groups in total. The Bertz CT molecular complexity index is 462. The molecule has 1 aromatic carbocycles. The van der Waals surface area contributed by atoms with Crippen molar-refractivity contribution in [3.63, 3.8) is 0 Å². The maximum Gasteiger partial charge on any atom is 0.0786 e. The topological polar surface area (TPSA) is 45.0 Å². The van der Waals surface area contributed by atoms with Crippen molar-refractivity contribution in [2.45, 2.75) is 18.4 Å². The van der Waals surface area contributed by atoms with E-state index in [1.165, 1.54) is 0 Å². The maximum absolute atomic E-state index is 8.88. The number of nitriles is 1. The van der Waals surface area contributed by atoms with E-state index in [2.05, 4.69) is 11.4 Å². The van der Waals surface area contributed by atoms with Crippen LogP contribution in [0.25, 0.3) is 0 Å². The summed E-state index contributed by atoms with van der Waals surface area (Å²) in [7, 11) is 0. The SMILES string of the molecule is Cl.N#CCC1OCCNCC1c1ccc(Cl)c(Cl)c1. The Labute approximate surface area is 129 Å². The van der Waals surface area contributed by atoms with E-state index >= 15 is 0 Å². The van der Waals surface area contributed by atoms with Crippen molar-refractivity contribution in [3.8, 4) is 6.07 Å². The van der Waals surface area contributed by atoms with Crippen LogP contribution in [0.3, 0.4) is 0 Å². The zero-order valence-electron chi connectivity index (χ0n) is 10.2. The first-order valence-electron chi connectivity index (χ1n) is 5.86. The third-order valence-corrected chi connectivity index (χ3v) is 3.83. The van der Waals surface area contributed by atoms with Crippen LogP contribution in [-0.2, 0) is 4.74 Å². The molecule has 2 rings (SSSR count). The molecule has 1 aliphatic heterocycles. The van der Waals surface area contributed by atoms with Crippen LogP contribution < -0.4 is 5.32 Å². The molecule has 1 aromatic rings. The van der Waals surface area contributed by atoms with Crippen molar-refractivity contribution in [1.82, 2.24) is 5.32 Å². The van der Waals surface area contributed by atoms with Crippen molar-refractivity contribution in [2.75, 3.05) is 19.7 Å². The minimum Gasteiger partial charge on any atom is -0.375 e. The first-order valence-corrected chi connectivity index (χ1v) is 6.62. The molecule has 0 aliphatic carbocycles. The average molecular weight is 322 g/mol. The molecule has 104 valence electrons. The van der Waals surface area contributed by atoms with Gasteiger partial charge in [0, 0.05) is 19.0 Å². The number of halogens is 3. The van der Waals surface area contributed by atoms with E-state index in [4.69, 9.17) is 33.2 Å². The van der Waals surface area contributed by atoms with Crippen LogP contribution in [0, 0.1) is 11.3 Å². The van der Waals surface area contributed by atoms with Gasteiger partial charge >= 0.3 is 0 Å². The Hall–Kier alpha value is -0.500. The molecule has 2 unspecified atom stereocenters. The van der Waals surface area contributed by atoms with Crippen LogP contribution >= 0.6 is 35.6 Å². The molecule has 0 bridgehead atoms. The number of hydrogen-bond donors (Lipinski definition) is 1. The highest BCUT2D eigenvalue weighted by atomic mass is 35.5. The predicted octanol–water partition coefficient (Wildman–Crippen LogP) is 3.40. The predicted molar refractivity (Wildman–Crippen MR) is 79.3 cm³/mol. The summed E-state index contributed by atoms with van der Waals surface area (Å²) in [6.45, 7) is 2.22. The Morgan fingerprint density at radius 3 is 2.84 bits per heavy atom. The second kappa shape index (κ2) is 7.94. The molecule has 19 heavy (non-hydrogen) atoms. The van der Waals surface area contributed by atoms with Gasteiger partial charge in [-0.25, -0.2) is 0 Å². The summed E-state index contributed by atoms with van der Waals surface area (Å²) in [5, 5.41) is 13.3. The highest BCUT2D eigenvalue weighted by molar-refractivity contribution is 6.42. The molecule has 0 amide bonds. The number of rotatable bonds is 2. The van der Waals surface area contributed by atoms with Crippen LogP contribution in [0.1, 0.15) is 17.9 Å². The fourth-order valence-corrected chi connectivity index (χ4v) is 2.46. The molecule has 6 heteroatoms. The standard InChI is InChI=1S/C13H14Cl2N2O.ClH/c14-11-2-1-9(7-12(11)15)10-8-17-5-6-18-13(10)3-4-16;/h1-2,7,10,13,17H,3,5-6,8H2;1H. The first-order chi connectivity index (χ1) is 8.72. The third kappa shape index (κ3) is 4.24. The Kier molecular flexibility index (Phi) is 6.92. The summed E-state index contributed by atoms with van der Waals surface area (Å²) < 4.78 is 5.72. The van der Waals surface area contributed by atoms with Crippen molar-refractivity contribution in [3.05, 3.63) is 33.8 Å². The smallest absolute Gasteiger partial charge is 0.0786 e. The van der Waals surface area contributed by atoms with Gasteiger partial charge in [-0.15, -0.1) is 12.4 Å². The summed E-state index contributed by atoms with van der Waals surface area (Å²) in [6, 6.07) is 7.76. The van der Waals surface area contributed by atoms with E-state index in [0.29, 0.717) is 23.1 Å². The first kappa shape index (κ1) is 16.6. The van der Waals surface area contributed by atoms with Crippen molar-refractivity contribution >= 4 is 35.6 Å². The van der Waals surface area contributed by atoms with Gasteiger partial charge < -0.3 is 10.1 Å². The van der Waals surface area contributed by atoms with Gasteiger partial charge in [0.25, 0.3) is 0 Å². The van der Waals surface area contributed by atoms with Crippen molar-refractivity contribution < 1.29 is 4.74 Å². The zero-order valence-corrected chi connectivity index (χ0v) is 12.6. The molecule has 2 atom stereocenters. The third-order valence-electron chi connectivity index (χ3n) is 3.09. The van der Waals surface area contributed by atoms with Crippen LogP contribution in [0.15, 0.2) is 18.2 Å². The fraction of sp³-hybridized carbons (Fsp3) is 0.462. The number of ether oxygens (including phenoxy) is 1. The minimum atomic E-state index is -0.0951. The number of nitrogens with zero attached hydrogens (tertiary/aromatic N) is 1. The summed E-state index contributed by atoms with van der Waals surface area (Å²) in [5.74, 6) is 0.127. The highest BCUT2D eigenvalue weighted by Gasteiger charge is 2.26. The molecule has 0 radical (unpaired) electrons. The largest absolute Gasteiger partial charge is 0.375 e. The Morgan fingerprint density at radius 2 is 2.16 bits per heavy atom. The highest BCUT2D eigenvalue weighted by Crippen LogP contribution is 2.30. The van der Waals surface area contributed by atoms with Gasteiger partial charge in [0.1, 0.15) is 0 Å². The summed E-state index contributed by atoms with van der Waals surface area (Å²) in [4.78, 5) is 0. The van der Waals surface area contributed by atoms with E-state index < -0.39 is 0 Å². The molecule has 1 heterocycles. The van der Waals surface area contributed by atoms with Crippen molar-refractivity contribution in [1.29, 1.82) is 5.26 Å². The van der Waals surface area contributed by atoms with E-state index in [-0.39, 0.29) is 24.4 Å². The van der Waals surface area contributed by atoms with E-state index in [0.717, 1.165) is 18.7 Å². The quantitative estimate of drug-likeness (QED) is 0.908. The average Bonchev–Trinajstić information content (AvgIpc) is 2.59. The fourth-order valence-electron chi connectivity index (χ4n) is 2.15. The lowest BCUT2D eigenvalue weighted by molar-refractivity contribution is 0.0557. The maximum atomic E-state index is 8.88. The van der Waals surface area contributed by atoms with Gasteiger partial charge in [0.05, 0.1) is 35.2 Å². The molecule has 0 spiro atoms. The van der Waals surface area contributed by atoms with Crippen LogP contribution in [-0.4, -0.2) is 25.8 Å². The minimum absolute atomic E-state index is 0. The second-order valence-electron chi connectivity index (χ2n) is 4.26. The summed E-state index contributed by atoms with van der Waals surface area (Å²) in [6.07, 6.45) is 0.286. The van der Waals surface area contributed by atoms with Crippen molar-refractivity contribution in [2.24, 2.45) is 0 Å². The van der Waals surface area contributed by atoms with Crippen LogP contribution in [0.2, 0.25) is 10.0 Å². The Morgan fingerprint density at radius 1 is 1.37 bits per heavy atom. The van der Waals surface area contributed by atoms with Gasteiger partial charge in [0.2, 0.25) is 0 Å². The van der Waals surface area contributed by atoms with Gasteiger partial charge in [-0.05, 0) is 17.7 Å². The second-order valence-corrected chi connectivity index (χ2v) is 5.07. The van der Waals surface area contributed by atoms with Crippen LogP contribution in [0.5, 0.6) is 0 Å². The lowest BCUT2D eigenvalue weighted by atomic mass is 9.92. The molecular formula is C13H15Cl3N2O. The number of benzene rings is 1. The molecule has 0 aromatic heterocycles. The molecular weight excluding hydrogens is 307 g/mol. The molecule has 1 aliphatic rings. The lowest BCUT2D eigenvalue weighted by Gasteiger charge is -2.23. The molecule has 3 nitrogen and oxygen atoms in total. The van der Waals surface area contributed by atoms with Gasteiger partial charge in [-0.2, -0.15) is 5.26 Å². The monoisotopic (exact) mass is 320 g/mol. The van der Waals surface area contributed by atoms with Gasteiger partial charge in [0.15, 0.2) is 0 Å². The van der Waals surface area contributed by atoms with E-state index in [1.807, 2.05) is 12.1 Å². The van der Waals surface area contributed by atoms with E-state index in [1.54, 1.807) is 6.07 Å². The van der Waals surface area contributed by atoms with Gasteiger partial charge in [-0.3, -0.25) is 0 Å². The molecule has 1 fully saturated rings.